The highest BCUT2D eigenvalue weighted by Gasteiger charge is 2.26. The lowest BCUT2D eigenvalue weighted by Gasteiger charge is -2.12. The normalized spacial score (nSPS) is 11.2. The van der Waals surface area contributed by atoms with Crippen LogP contribution in [0, 0.1) is 17.2 Å². The van der Waals surface area contributed by atoms with Crippen LogP contribution in [-0.4, -0.2) is 28.1 Å². The van der Waals surface area contributed by atoms with Gasteiger partial charge in [-0.1, -0.05) is 0 Å². The number of nitriles is 1. The summed E-state index contributed by atoms with van der Waals surface area (Å²) in [5, 5.41) is 28.6. The Morgan fingerprint density at radius 3 is 2.29 bits per heavy atom. The molecule has 0 spiro atoms. The van der Waals surface area contributed by atoms with E-state index in [1.807, 2.05) is 6.07 Å². The molecule has 0 bridgehead atoms. The van der Waals surface area contributed by atoms with E-state index in [0.717, 1.165) is 0 Å². The average molecular weight is 290 g/mol. The molecule has 1 atom stereocenters. The molecule has 0 aliphatic carbocycles. The third-order valence-electron chi connectivity index (χ3n) is 2.78. The van der Waals surface area contributed by atoms with Gasteiger partial charge in [-0.3, -0.25) is 14.4 Å². The number of hydrogen-bond acceptors (Lipinski definition) is 4. The van der Waals surface area contributed by atoms with E-state index in [4.69, 9.17) is 15.5 Å². The highest BCUT2D eigenvalue weighted by Crippen LogP contribution is 2.14. The Morgan fingerprint density at radius 1 is 1.19 bits per heavy atom. The van der Waals surface area contributed by atoms with Crippen molar-refractivity contribution >= 4 is 23.5 Å². The Kier molecular flexibility index (Phi) is 5.89. The monoisotopic (exact) mass is 290 g/mol. The molecule has 21 heavy (non-hydrogen) atoms. The summed E-state index contributed by atoms with van der Waals surface area (Å²) in [5.74, 6) is -4.35. The molecule has 0 fully saturated rings. The van der Waals surface area contributed by atoms with E-state index in [-0.39, 0.29) is 19.3 Å². The number of rotatable bonds is 7. The quantitative estimate of drug-likeness (QED) is 0.652. The Balaban J connectivity index is 2.65. The fraction of sp³-hybridized carbons (Fsp3) is 0.286. The number of amides is 1. The molecule has 0 aliphatic rings. The van der Waals surface area contributed by atoms with Crippen molar-refractivity contribution in [2.24, 2.45) is 5.92 Å². The molecule has 1 aromatic rings. The number of aliphatic carboxylic acids is 2. The van der Waals surface area contributed by atoms with Crippen molar-refractivity contribution < 1.29 is 24.6 Å². The molecule has 110 valence electrons. The second kappa shape index (κ2) is 7.65. The van der Waals surface area contributed by atoms with Crippen molar-refractivity contribution in [2.45, 2.75) is 19.3 Å². The number of carbonyl (C=O) groups is 3. The van der Waals surface area contributed by atoms with Gasteiger partial charge < -0.3 is 15.5 Å². The maximum absolute atomic E-state index is 11.9. The first-order valence-electron chi connectivity index (χ1n) is 6.19. The van der Waals surface area contributed by atoms with Crippen LogP contribution in [0.15, 0.2) is 24.3 Å². The Bertz CT molecular complexity index is 574. The van der Waals surface area contributed by atoms with Crippen molar-refractivity contribution in [3.8, 4) is 6.07 Å². The number of nitrogens with one attached hydrogen (secondary N) is 1. The fourth-order valence-electron chi connectivity index (χ4n) is 1.68. The van der Waals surface area contributed by atoms with Crippen LogP contribution in [0.5, 0.6) is 0 Å². The third-order valence-corrected chi connectivity index (χ3v) is 2.78. The van der Waals surface area contributed by atoms with Gasteiger partial charge in [0.2, 0.25) is 5.91 Å². The van der Waals surface area contributed by atoms with E-state index in [2.05, 4.69) is 5.32 Å². The zero-order chi connectivity index (χ0) is 15.8. The molecule has 3 N–H and O–H groups in total. The molecule has 0 aromatic heterocycles. The van der Waals surface area contributed by atoms with E-state index in [1.165, 1.54) is 24.3 Å². The van der Waals surface area contributed by atoms with E-state index < -0.39 is 23.8 Å². The smallest absolute Gasteiger partial charge is 0.316 e. The lowest BCUT2D eigenvalue weighted by molar-refractivity contribution is -0.146. The highest BCUT2D eigenvalue weighted by molar-refractivity contribution is 6.04. The summed E-state index contributed by atoms with van der Waals surface area (Å²) in [6, 6.07) is 7.90. The minimum atomic E-state index is -1.31. The number of carbonyl (C=O) groups excluding carboxylic acids is 1. The Labute approximate surface area is 120 Å². The standard InChI is InChI=1S/C14H14N2O5/c15-8-9-4-6-10(7-5-9)16-13(19)11(14(20)21)2-1-3-12(17)18/h4-7,11H,1-3H2,(H,16,19)(H,17,18)(H,20,21)/t11-/m0/s1. The third kappa shape index (κ3) is 5.32. The molecule has 0 saturated heterocycles. The largest absolute Gasteiger partial charge is 0.481 e. The minimum Gasteiger partial charge on any atom is -0.481 e. The van der Waals surface area contributed by atoms with Gasteiger partial charge in [0.1, 0.15) is 5.92 Å². The van der Waals surface area contributed by atoms with Gasteiger partial charge in [0.15, 0.2) is 0 Å². The maximum atomic E-state index is 11.9. The molecule has 1 aromatic carbocycles. The van der Waals surface area contributed by atoms with Gasteiger partial charge >= 0.3 is 11.9 Å². The van der Waals surface area contributed by atoms with Gasteiger partial charge in [0.25, 0.3) is 0 Å². The second-order valence-electron chi connectivity index (χ2n) is 4.36. The number of anilines is 1. The van der Waals surface area contributed by atoms with Gasteiger partial charge in [-0.15, -0.1) is 0 Å². The van der Waals surface area contributed by atoms with Crippen molar-refractivity contribution in [1.29, 1.82) is 5.26 Å². The molecule has 0 saturated carbocycles. The predicted octanol–water partition coefficient (Wildman–Crippen LogP) is 1.45. The lowest BCUT2D eigenvalue weighted by Crippen LogP contribution is -2.29. The predicted molar refractivity (Wildman–Crippen MR) is 72.4 cm³/mol. The molecule has 7 nitrogen and oxygen atoms in total. The summed E-state index contributed by atoms with van der Waals surface area (Å²) in [6.45, 7) is 0. The molecule has 0 aliphatic heterocycles. The summed E-state index contributed by atoms with van der Waals surface area (Å²) in [4.78, 5) is 33.3. The molecule has 0 unspecified atom stereocenters. The zero-order valence-corrected chi connectivity index (χ0v) is 11.1. The number of nitrogens with zero attached hydrogens (tertiary/aromatic N) is 1. The first-order valence-corrected chi connectivity index (χ1v) is 6.19. The summed E-state index contributed by atoms with van der Waals surface area (Å²) in [6.07, 6.45) is -0.134. The zero-order valence-electron chi connectivity index (χ0n) is 11.1. The number of benzene rings is 1. The van der Waals surface area contributed by atoms with Gasteiger partial charge in [0, 0.05) is 12.1 Å². The Morgan fingerprint density at radius 2 is 1.81 bits per heavy atom. The van der Waals surface area contributed by atoms with Crippen LogP contribution < -0.4 is 5.32 Å². The molecule has 0 heterocycles. The average Bonchev–Trinajstić information content (AvgIpc) is 2.43. The fourth-order valence-corrected chi connectivity index (χ4v) is 1.68. The molecule has 1 amide bonds. The van der Waals surface area contributed by atoms with Crippen LogP contribution in [0.2, 0.25) is 0 Å². The molecule has 1 rings (SSSR count). The van der Waals surface area contributed by atoms with Crippen LogP contribution in [0.25, 0.3) is 0 Å². The van der Waals surface area contributed by atoms with E-state index >= 15 is 0 Å². The van der Waals surface area contributed by atoms with Crippen molar-refractivity contribution in [2.75, 3.05) is 5.32 Å². The SMILES string of the molecule is N#Cc1ccc(NC(=O)[C@H](CCCC(=O)O)C(=O)O)cc1. The van der Waals surface area contributed by atoms with Crippen LogP contribution in [0.1, 0.15) is 24.8 Å². The van der Waals surface area contributed by atoms with E-state index in [0.29, 0.717) is 11.3 Å². The van der Waals surface area contributed by atoms with Gasteiger partial charge in [-0.05, 0) is 37.1 Å². The molecule has 0 radical (unpaired) electrons. The number of carboxylic acids is 2. The summed E-state index contributed by atoms with van der Waals surface area (Å²) >= 11 is 0. The van der Waals surface area contributed by atoms with Crippen molar-refractivity contribution in [3.63, 3.8) is 0 Å². The lowest BCUT2D eigenvalue weighted by atomic mass is 10.0. The van der Waals surface area contributed by atoms with Crippen LogP contribution in [0.3, 0.4) is 0 Å². The Hall–Kier alpha value is -2.88. The van der Waals surface area contributed by atoms with Crippen molar-refractivity contribution in [1.82, 2.24) is 0 Å². The number of hydrogen-bond donors (Lipinski definition) is 3. The summed E-state index contributed by atoms with van der Waals surface area (Å²) < 4.78 is 0. The maximum Gasteiger partial charge on any atom is 0.316 e. The van der Waals surface area contributed by atoms with E-state index in [9.17, 15) is 14.4 Å². The van der Waals surface area contributed by atoms with Crippen LogP contribution in [0.4, 0.5) is 5.69 Å². The van der Waals surface area contributed by atoms with Gasteiger partial charge in [-0.2, -0.15) is 5.26 Å². The first kappa shape index (κ1) is 16.2. The first-order chi connectivity index (χ1) is 9.93. The van der Waals surface area contributed by atoms with E-state index in [1.54, 1.807) is 0 Å². The van der Waals surface area contributed by atoms with Crippen molar-refractivity contribution in [3.05, 3.63) is 29.8 Å². The second-order valence-corrected chi connectivity index (χ2v) is 4.36. The molecular formula is C14H14N2O5. The van der Waals surface area contributed by atoms with Gasteiger partial charge in [0.05, 0.1) is 11.6 Å². The van der Waals surface area contributed by atoms with Gasteiger partial charge in [-0.25, -0.2) is 0 Å². The molecule has 7 heteroatoms. The topological polar surface area (TPSA) is 127 Å². The van der Waals surface area contributed by atoms with Crippen LogP contribution >= 0.6 is 0 Å². The minimum absolute atomic E-state index is 0.0518. The van der Waals surface area contributed by atoms with Crippen LogP contribution in [-0.2, 0) is 14.4 Å². The summed E-state index contributed by atoms with van der Waals surface area (Å²) in [5.41, 5.74) is 0.799. The number of carboxylic acid groups (broad SMARTS) is 2. The highest BCUT2D eigenvalue weighted by atomic mass is 16.4. The summed E-state index contributed by atoms with van der Waals surface area (Å²) in [7, 11) is 0. The molecular weight excluding hydrogens is 276 g/mol.